The summed E-state index contributed by atoms with van der Waals surface area (Å²) in [4.78, 5) is 18.0. The molecular formula is C23H26BrN3O4S2. The van der Waals surface area contributed by atoms with Gasteiger partial charge in [-0.3, -0.25) is 4.79 Å². The van der Waals surface area contributed by atoms with Gasteiger partial charge in [-0.1, -0.05) is 34.2 Å². The summed E-state index contributed by atoms with van der Waals surface area (Å²) in [6.07, 6.45) is 1.91. The highest BCUT2D eigenvalue weighted by Gasteiger charge is 2.28. The number of aromatic nitrogens is 1. The number of amides is 1. The Kier molecular flexibility index (Phi) is 7.49. The Balaban J connectivity index is 1.63. The molecule has 0 radical (unpaired) electrons. The molecule has 1 saturated heterocycles. The van der Waals surface area contributed by atoms with Gasteiger partial charge >= 0.3 is 0 Å². The normalized spacial score (nSPS) is 18.2. The number of hydrogen-bond donors (Lipinski definition) is 0. The first kappa shape index (κ1) is 24.3. The minimum absolute atomic E-state index is 0.204. The van der Waals surface area contributed by atoms with Gasteiger partial charge in [-0.25, -0.2) is 8.42 Å². The van der Waals surface area contributed by atoms with E-state index in [0.717, 1.165) is 27.5 Å². The number of piperidine rings is 1. The molecule has 1 atom stereocenters. The molecule has 1 unspecified atom stereocenters. The van der Waals surface area contributed by atoms with Gasteiger partial charge in [-0.15, -0.1) is 0 Å². The number of ether oxygens (including phenoxy) is 1. The summed E-state index contributed by atoms with van der Waals surface area (Å²) in [5, 5.41) is 0. The van der Waals surface area contributed by atoms with Crippen LogP contribution in [0, 0.1) is 5.92 Å². The Morgan fingerprint density at radius 1 is 1.24 bits per heavy atom. The first-order valence-electron chi connectivity index (χ1n) is 10.8. The summed E-state index contributed by atoms with van der Waals surface area (Å²) < 4.78 is 36.6. The minimum atomic E-state index is -3.56. The average Bonchev–Trinajstić information content (AvgIpc) is 3.13. The van der Waals surface area contributed by atoms with Gasteiger partial charge in [0.05, 0.1) is 21.7 Å². The summed E-state index contributed by atoms with van der Waals surface area (Å²) in [6, 6.07) is 12.0. The second-order valence-electron chi connectivity index (χ2n) is 8.19. The van der Waals surface area contributed by atoms with Gasteiger partial charge < -0.3 is 9.30 Å². The van der Waals surface area contributed by atoms with E-state index in [-0.39, 0.29) is 4.90 Å². The highest BCUT2D eigenvalue weighted by atomic mass is 79.9. The molecule has 1 aliphatic rings. The number of carbonyl (C=O) groups is 1. The third-order valence-corrected chi connectivity index (χ3v) is 9.13. The predicted octanol–water partition coefficient (Wildman–Crippen LogP) is 4.27. The smallest absolute Gasteiger partial charge is 0.279 e. The Bertz CT molecular complexity index is 1330. The summed E-state index contributed by atoms with van der Waals surface area (Å²) >= 11 is 4.91. The maximum absolute atomic E-state index is 13.0. The van der Waals surface area contributed by atoms with Crippen molar-refractivity contribution in [2.24, 2.45) is 10.9 Å². The molecule has 1 amide bonds. The number of sulfonamides is 1. The summed E-state index contributed by atoms with van der Waals surface area (Å²) in [7, 11) is -1.93. The van der Waals surface area contributed by atoms with Crippen molar-refractivity contribution in [3.8, 4) is 0 Å². The van der Waals surface area contributed by atoms with Gasteiger partial charge in [-0.2, -0.15) is 9.30 Å². The van der Waals surface area contributed by atoms with Crippen LogP contribution in [0.4, 0.5) is 0 Å². The molecule has 176 valence electrons. The van der Waals surface area contributed by atoms with Crippen molar-refractivity contribution >= 4 is 53.4 Å². The molecule has 4 rings (SSSR count). The van der Waals surface area contributed by atoms with Crippen molar-refractivity contribution in [1.82, 2.24) is 8.87 Å². The largest absolute Gasteiger partial charge is 0.383 e. The van der Waals surface area contributed by atoms with Gasteiger partial charge in [0.15, 0.2) is 4.80 Å². The van der Waals surface area contributed by atoms with Gasteiger partial charge in [0, 0.05) is 36.8 Å². The molecule has 2 aromatic carbocycles. The van der Waals surface area contributed by atoms with E-state index in [4.69, 9.17) is 4.74 Å². The lowest BCUT2D eigenvalue weighted by Gasteiger charge is -2.30. The molecule has 33 heavy (non-hydrogen) atoms. The zero-order valence-corrected chi connectivity index (χ0v) is 21.7. The summed E-state index contributed by atoms with van der Waals surface area (Å²) in [6.45, 7) is 4.19. The third kappa shape index (κ3) is 5.30. The van der Waals surface area contributed by atoms with Crippen LogP contribution in [0.25, 0.3) is 10.2 Å². The van der Waals surface area contributed by atoms with E-state index in [0.29, 0.717) is 42.5 Å². The Hall–Kier alpha value is -1.85. The van der Waals surface area contributed by atoms with Crippen LogP contribution in [0.5, 0.6) is 0 Å². The second kappa shape index (κ2) is 10.2. The van der Waals surface area contributed by atoms with Crippen molar-refractivity contribution in [3.05, 3.63) is 57.3 Å². The van der Waals surface area contributed by atoms with Crippen molar-refractivity contribution in [3.63, 3.8) is 0 Å². The number of benzene rings is 2. The van der Waals surface area contributed by atoms with E-state index in [1.807, 2.05) is 22.8 Å². The zero-order valence-electron chi connectivity index (χ0n) is 18.5. The monoisotopic (exact) mass is 551 g/mol. The molecule has 3 aromatic rings. The van der Waals surface area contributed by atoms with Crippen LogP contribution in [0.3, 0.4) is 0 Å². The fourth-order valence-electron chi connectivity index (χ4n) is 3.97. The zero-order chi connectivity index (χ0) is 23.6. The number of carbonyl (C=O) groups excluding carboxylic acids is 1. The molecule has 10 heteroatoms. The molecule has 0 spiro atoms. The van der Waals surface area contributed by atoms with E-state index in [1.165, 1.54) is 39.9 Å². The lowest BCUT2D eigenvalue weighted by Crippen LogP contribution is -2.39. The first-order chi connectivity index (χ1) is 15.8. The Morgan fingerprint density at radius 2 is 2.00 bits per heavy atom. The summed E-state index contributed by atoms with van der Waals surface area (Å²) in [5.74, 6) is -0.0674. The van der Waals surface area contributed by atoms with Crippen LogP contribution >= 0.6 is 27.3 Å². The first-order valence-corrected chi connectivity index (χ1v) is 13.8. The molecule has 1 aliphatic heterocycles. The average molecular weight is 553 g/mol. The molecule has 1 fully saturated rings. The number of halogens is 1. The molecule has 1 aromatic heterocycles. The molecule has 0 N–H and O–H groups in total. The third-order valence-electron chi connectivity index (χ3n) is 5.72. The molecule has 0 saturated carbocycles. The number of hydrogen-bond acceptors (Lipinski definition) is 5. The number of nitrogens with zero attached hydrogens (tertiary/aromatic N) is 3. The van der Waals surface area contributed by atoms with E-state index >= 15 is 0 Å². The SMILES string of the molecule is COCCn1c(=NC(=O)c2ccc(S(=O)(=O)N3CCCC(C)C3)cc2)sc2cc(Br)ccc21. The molecule has 2 heterocycles. The van der Waals surface area contributed by atoms with Crippen molar-refractivity contribution in [2.45, 2.75) is 31.2 Å². The maximum atomic E-state index is 13.0. The van der Waals surface area contributed by atoms with Gasteiger partial charge in [-0.05, 0) is 61.2 Å². The number of methoxy groups -OCH3 is 1. The lowest BCUT2D eigenvalue weighted by molar-refractivity contribution is 0.0997. The van der Waals surface area contributed by atoms with E-state index < -0.39 is 15.9 Å². The molecule has 7 nitrogen and oxygen atoms in total. The van der Waals surface area contributed by atoms with E-state index in [9.17, 15) is 13.2 Å². The fraction of sp³-hybridized carbons (Fsp3) is 0.391. The fourth-order valence-corrected chi connectivity index (χ4v) is 7.17. The van der Waals surface area contributed by atoms with E-state index in [1.54, 1.807) is 7.11 Å². The predicted molar refractivity (Wildman–Crippen MR) is 133 cm³/mol. The van der Waals surface area contributed by atoms with Crippen molar-refractivity contribution in [2.75, 3.05) is 26.8 Å². The molecular weight excluding hydrogens is 526 g/mol. The van der Waals surface area contributed by atoms with Crippen LogP contribution in [-0.2, 0) is 21.3 Å². The topological polar surface area (TPSA) is 81.0 Å². The second-order valence-corrected chi connectivity index (χ2v) is 12.1. The van der Waals surface area contributed by atoms with Gasteiger partial charge in [0.2, 0.25) is 10.0 Å². The molecule has 0 bridgehead atoms. The Labute approximate surface area is 205 Å². The van der Waals surface area contributed by atoms with Gasteiger partial charge in [0.25, 0.3) is 5.91 Å². The van der Waals surface area contributed by atoms with Gasteiger partial charge in [0.1, 0.15) is 0 Å². The number of rotatable bonds is 6. The number of fused-ring (bicyclic) bond motifs is 1. The quantitative estimate of drug-likeness (QED) is 0.458. The maximum Gasteiger partial charge on any atom is 0.279 e. The number of thiazole rings is 1. The van der Waals surface area contributed by atoms with Crippen LogP contribution in [0.15, 0.2) is 56.8 Å². The van der Waals surface area contributed by atoms with Crippen LogP contribution < -0.4 is 4.80 Å². The highest BCUT2D eigenvalue weighted by Crippen LogP contribution is 2.24. The van der Waals surface area contributed by atoms with Crippen LogP contribution in [0.2, 0.25) is 0 Å². The van der Waals surface area contributed by atoms with Crippen molar-refractivity contribution < 1.29 is 17.9 Å². The highest BCUT2D eigenvalue weighted by molar-refractivity contribution is 9.10. The summed E-state index contributed by atoms with van der Waals surface area (Å²) in [5.41, 5.74) is 1.32. The van der Waals surface area contributed by atoms with Crippen LogP contribution in [0.1, 0.15) is 30.1 Å². The van der Waals surface area contributed by atoms with E-state index in [2.05, 4.69) is 27.8 Å². The van der Waals surface area contributed by atoms with Crippen molar-refractivity contribution in [1.29, 1.82) is 0 Å². The minimum Gasteiger partial charge on any atom is -0.383 e. The molecule has 0 aliphatic carbocycles. The standard InChI is InChI=1S/C23H26BrN3O4S2/c1-16-4-3-11-26(15-16)33(29,30)19-8-5-17(6-9-19)22(28)25-23-27(12-13-31-2)20-10-7-18(24)14-21(20)32-23/h5-10,14,16H,3-4,11-13,15H2,1-2H3. The van der Waals surface area contributed by atoms with Crippen LogP contribution in [-0.4, -0.2) is 50.0 Å². The lowest BCUT2D eigenvalue weighted by atomic mass is 10.0. The Morgan fingerprint density at radius 3 is 2.70 bits per heavy atom.